The first-order valence-electron chi connectivity index (χ1n) is 3.44. The predicted octanol–water partition coefficient (Wildman–Crippen LogP) is -1.49. The Balaban J connectivity index is 3.04. The van der Waals surface area contributed by atoms with E-state index < -0.39 is 27.4 Å². The maximum Gasteiger partial charge on any atom is 0.355 e. The van der Waals surface area contributed by atoms with Gasteiger partial charge in [0, 0.05) is 0 Å². The first-order chi connectivity index (χ1) is 5.90. The van der Waals surface area contributed by atoms with Crippen LogP contribution < -0.4 is 5.11 Å². The van der Waals surface area contributed by atoms with Gasteiger partial charge in [0.1, 0.15) is 5.97 Å². The molecule has 6 nitrogen and oxygen atoms in total. The van der Waals surface area contributed by atoms with E-state index in [0.717, 1.165) is 0 Å². The molecular formula is C6H6BrNO5. The molecule has 1 aliphatic rings. The molecular weight excluding hydrogens is 248 g/mol. The van der Waals surface area contributed by atoms with Crippen LogP contribution in [0.1, 0.15) is 12.8 Å². The van der Waals surface area contributed by atoms with Gasteiger partial charge in [-0.2, -0.15) is 5.21 Å². The summed E-state index contributed by atoms with van der Waals surface area (Å²) in [6.45, 7) is 0. The minimum Gasteiger partial charge on any atom is -0.543 e. The molecule has 2 unspecified atom stereocenters. The number of hydrogen-bond acceptors (Lipinski definition) is 5. The maximum atomic E-state index is 11.0. The van der Waals surface area contributed by atoms with Gasteiger partial charge in [0.25, 0.3) is 0 Å². The number of aliphatic carboxylic acids is 1. The second-order valence-electron chi connectivity index (χ2n) is 2.63. The molecule has 0 radical (unpaired) electrons. The molecule has 0 bridgehead atoms. The second kappa shape index (κ2) is 3.17. The summed E-state index contributed by atoms with van der Waals surface area (Å²) in [6, 6.07) is 0. The fourth-order valence-electron chi connectivity index (χ4n) is 1.10. The van der Waals surface area contributed by atoms with Crippen molar-refractivity contribution < 1.29 is 29.3 Å². The van der Waals surface area contributed by atoms with Crippen LogP contribution in [0, 0.1) is 0 Å². The molecule has 2 amide bonds. The molecule has 2 atom stereocenters. The van der Waals surface area contributed by atoms with E-state index in [9.17, 15) is 24.7 Å². The number of amides is 2. The topological polar surface area (TPSA) is 94.5 Å². The number of hydrogen-bond donors (Lipinski definition) is 1. The van der Waals surface area contributed by atoms with Crippen molar-refractivity contribution in [2.45, 2.75) is 17.8 Å². The molecule has 1 fully saturated rings. The van der Waals surface area contributed by atoms with Gasteiger partial charge in [-0.15, -0.1) is 0 Å². The number of nitrogens with zero attached hydrogens (tertiary/aromatic N) is 1. The summed E-state index contributed by atoms with van der Waals surface area (Å²) < 4.78 is -1.73. The smallest absolute Gasteiger partial charge is 0.355 e. The highest BCUT2D eigenvalue weighted by molar-refractivity contribution is 9.09. The molecule has 0 aliphatic carbocycles. The van der Waals surface area contributed by atoms with Crippen LogP contribution in [0.2, 0.25) is 0 Å². The molecule has 0 spiro atoms. The molecule has 0 aromatic heterocycles. The summed E-state index contributed by atoms with van der Waals surface area (Å²) in [7, 11) is 0. The molecule has 72 valence electrons. The standard InChI is InChI=1S/C6H6BrNO5/c7-5(6(11)12)8(13)3(9)1-2-4(8)10/h5,13H,1-2H2/i3+2. The zero-order chi connectivity index (χ0) is 10.2. The van der Waals surface area contributed by atoms with Crippen molar-refractivity contribution in [3.8, 4) is 0 Å². The van der Waals surface area contributed by atoms with E-state index in [4.69, 9.17) is 0 Å². The van der Waals surface area contributed by atoms with Crippen molar-refractivity contribution in [1.82, 2.24) is 0 Å². The fraction of sp³-hybridized carbons (Fsp3) is 0.500. The maximum absolute atomic E-state index is 11.0. The van der Waals surface area contributed by atoms with Crippen LogP contribution in [0.3, 0.4) is 0 Å². The number of carboxylic acids is 1. The Labute approximate surface area is 81.4 Å². The lowest BCUT2D eigenvalue weighted by Crippen LogP contribution is -2.60. The molecule has 1 saturated heterocycles. The third kappa shape index (κ3) is 1.38. The summed E-state index contributed by atoms with van der Waals surface area (Å²) >= 11 is 2.52. The lowest BCUT2D eigenvalue weighted by molar-refractivity contribution is -0.973. The normalized spacial score (nSPS) is 30.6. The fourth-order valence-corrected chi connectivity index (χ4v) is 1.56. The van der Waals surface area contributed by atoms with Crippen LogP contribution in [0.4, 0.5) is 0 Å². The van der Waals surface area contributed by atoms with E-state index in [2.05, 4.69) is 15.9 Å². The summed E-state index contributed by atoms with van der Waals surface area (Å²) in [6.07, 6.45) is -0.296. The summed E-state index contributed by atoms with van der Waals surface area (Å²) in [5, 5.41) is 19.8. The van der Waals surface area contributed by atoms with Crippen LogP contribution >= 0.6 is 15.9 Å². The van der Waals surface area contributed by atoms with Crippen LogP contribution in [0.15, 0.2) is 0 Å². The number of quaternary nitrogens is 1. The van der Waals surface area contributed by atoms with Gasteiger partial charge in [-0.05, 0) is 20.6 Å². The van der Waals surface area contributed by atoms with E-state index in [1.54, 1.807) is 0 Å². The van der Waals surface area contributed by atoms with Crippen molar-refractivity contribution in [3.05, 3.63) is 0 Å². The highest BCUT2D eigenvalue weighted by Gasteiger charge is 2.55. The monoisotopic (exact) mass is 253 g/mol. The van der Waals surface area contributed by atoms with Gasteiger partial charge in [0.15, 0.2) is 0 Å². The number of carbonyl (C=O) groups excluding carboxylic acids is 3. The lowest BCUT2D eigenvalue weighted by atomic mass is 10.4. The zero-order valence-corrected chi connectivity index (χ0v) is 7.98. The third-order valence-electron chi connectivity index (χ3n) is 1.84. The Morgan fingerprint density at radius 1 is 1.77 bits per heavy atom. The number of halogens is 1. The van der Waals surface area contributed by atoms with Crippen molar-refractivity contribution >= 4 is 33.7 Å². The largest absolute Gasteiger partial charge is 0.543 e. The number of hydroxylamine groups is 3. The quantitative estimate of drug-likeness (QED) is 0.213. The van der Waals surface area contributed by atoms with Crippen LogP contribution in [-0.4, -0.2) is 32.6 Å². The Morgan fingerprint density at radius 2 is 2.31 bits per heavy atom. The minimum atomic E-state index is -1.73. The van der Waals surface area contributed by atoms with Gasteiger partial charge in [-0.25, -0.2) is 9.59 Å². The van der Waals surface area contributed by atoms with Gasteiger partial charge in [-0.1, -0.05) is 0 Å². The Kier molecular flexibility index (Phi) is 2.51. The van der Waals surface area contributed by atoms with Crippen LogP contribution in [0.5, 0.6) is 0 Å². The number of likely N-dealkylation sites (tertiary alicyclic amines) is 1. The summed E-state index contributed by atoms with van der Waals surface area (Å²) in [5.74, 6) is -3.38. The molecule has 0 saturated carbocycles. The van der Waals surface area contributed by atoms with Crippen LogP contribution in [0.25, 0.3) is 0 Å². The van der Waals surface area contributed by atoms with E-state index in [-0.39, 0.29) is 12.8 Å². The summed E-state index contributed by atoms with van der Waals surface area (Å²) in [4.78, 5) is 30.7. The molecule has 1 rings (SSSR count). The Morgan fingerprint density at radius 3 is 2.62 bits per heavy atom. The van der Waals surface area contributed by atoms with E-state index >= 15 is 0 Å². The second-order valence-corrected chi connectivity index (χ2v) is 3.50. The highest BCUT2D eigenvalue weighted by atomic mass is 79.9. The third-order valence-corrected chi connectivity index (χ3v) is 2.80. The van der Waals surface area contributed by atoms with Crippen molar-refractivity contribution in [2.24, 2.45) is 0 Å². The van der Waals surface area contributed by atoms with Gasteiger partial charge in [0.2, 0.25) is 4.95 Å². The Hall–Kier alpha value is -0.790. The van der Waals surface area contributed by atoms with Crippen molar-refractivity contribution in [1.29, 1.82) is 0 Å². The van der Waals surface area contributed by atoms with E-state index in [0.29, 0.717) is 0 Å². The van der Waals surface area contributed by atoms with Gasteiger partial charge < -0.3 is 9.90 Å². The van der Waals surface area contributed by atoms with Gasteiger partial charge in [0.05, 0.1) is 12.8 Å². The number of carbonyl (C=O) groups is 3. The average molecular weight is 254 g/mol. The number of alkyl halides is 1. The molecule has 0 aromatic carbocycles. The highest BCUT2D eigenvalue weighted by Crippen LogP contribution is 2.26. The molecule has 7 heteroatoms. The van der Waals surface area contributed by atoms with Gasteiger partial charge in [-0.3, -0.25) is 0 Å². The molecule has 1 N–H and O–H groups in total. The van der Waals surface area contributed by atoms with Crippen LogP contribution in [-0.2, 0) is 14.4 Å². The molecule has 0 aromatic rings. The van der Waals surface area contributed by atoms with E-state index in [1.807, 2.05) is 0 Å². The average Bonchev–Trinajstić information content (AvgIpc) is 2.32. The van der Waals surface area contributed by atoms with E-state index in [1.165, 1.54) is 0 Å². The minimum absolute atomic E-state index is 0.148. The summed E-state index contributed by atoms with van der Waals surface area (Å²) in [5.41, 5.74) is 0. The number of carboxylic acid groups (broad SMARTS) is 1. The number of imide groups is 1. The first kappa shape index (κ1) is 10.3. The molecule has 13 heavy (non-hydrogen) atoms. The zero-order valence-electron chi connectivity index (χ0n) is 6.40. The Bertz CT molecular complexity index is 273. The van der Waals surface area contributed by atoms with Gasteiger partial charge >= 0.3 is 11.8 Å². The molecule has 1 aliphatic heterocycles. The predicted molar refractivity (Wildman–Crippen MR) is 39.0 cm³/mol. The van der Waals surface area contributed by atoms with Crippen molar-refractivity contribution in [3.63, 3.8) is 0 Å². The SMILES string of the molecule is O=C([O-])C(Br)[N+]1(O)C(=O)CC[14C]1=O. The van der Waals surface area contributed by atoms with Crippen molar-refractivity contribution in [2.75, 3.05) is 0 Å². The number of rotatable bonds is 2. The molecule has 1 heterocycles. The lowest BCUT2D eigenvalue weighted by Gasteiger charge is -2.24. The first-order valence-corrected chi connectivity index (χ1v) is 4.35.